The normalized spacial score (nSPS) is 23.8. The Morgan fingerprint density at radius 3 is 2.47 bits per heavy atom. The molecule has 1 aliphatic rings. The predicted molar refractivity (Wildman–Crippen MR) is 75.8 cm³/mol. The van der Waals surface area contributed by atoms with Crippen LogP contribution in [0.5, 0.6) is 0 Å². The lowest BCUT2D eigenvalue weighted by molar-refractivity contribution is -0.128. The van der Waals surface area contributed by atoms with Crippen LogP contribution in [0.4, 0.5) is 0 Å². The minimum absolute atomic E-state index is 0.00393. The molecule has 3 N–H and O–H groups in total. The Labute approximate surface area is 115 Å². The summed E-state index contributed by atoms with van der Waals surface area (Å²) in [6, 6.07) is 0. The average molecular weight is 269 g/mol. The fraction of sp³-hybridized carbons (Fsp3) is 0.857. The minimum Gasteiger partial charge on any atom is -0.354 e. The monoisotopic (exact) mass is 269 g/mol. The Hall–Kier alpha value is -1.10. The van der Waals surface area contributed by atoms with Crippen molar-refractivity contribution in [3.05, 3.63) is 0 Å². The van der Waals surface area contributed by atoms with Crippen molar-refractivity contribution in [3.63, 3.8) is 0 Å². The van der Waals surface area contributed by atoms with Crippen molar-refractivity contribution < 1.29 is 9.59 Å². The number of nitrogens with one attached hydrogen (secondary N) is 3. The van der Waals surface area contributed by atoms with Gasteiger partial charge >= 0.3 is 0 Å². The van der Waals surface area contributed by atoms with Crippen LogP contribution in [0, 0.1) is 0 Å². The lowest BCUT2D eigenvalue weighted by atomic mass is 9.90. The van der Waals surface area contributed by atoms with Crippen LogP contribution >= 0.6 is 0 Å². The highest BCUT2D eigenvalue weighted by Crippen LogP contribution is 2.18. The number of piperidine rings is 1. The molecule has 0 aromatic heterocycles. The van der Waals surface area contributed by atoms with Crippen molar-refractivity contribution in [3.8, 4) is 0 Å². The van der Waals surface area contributed by atoms with Gasteiger partial charge in [-0.3, -0.25) is 9.59 Å². The fourth-order valence-electron chi connectivity index (χ4n) is 2.22. The second-order valence-corrected chi connectivity index (χ2v) is 6.52. The molecule has 1 aliphatic heterocycles. The second-order valence-electron chi connectivity index (χ2n) is 6.52. The van der Waals surface area contributed by atoms with Crippen molar-refractivity contribution in [2.24, 2.45) is 0 Å². The molecular formula is C14H27N3O2. The maximum absolute atomic E-state index is 12.1. The molecule has 1 fully saturated rings. The molecule has 0 aromatic rings. The van der Waals surface area contributed by atoms with Gasteiger partial charge in [0.1, 0.15) is 0 Å². The molecule has 1 atom stereocenters. The smallest absolute Gasteiger partial charge is 0.240 e. The van der Waals surface area contributed by atoms with Gasteiger partial charge in [-0.05, 0) is 53.5 Å². The van der Waals surface area contributed by atoms with Crippen molar-refractivity contribution in [2.75, 3.05) is 13.1 Å². The van der Waals surface area contributed by atoms with E-state index in [1.807, 2.05) is 27.7 Å². The van der Waals surface area contributed by atoms with Gasteiger partial charge in [-0.1, -0.05) is 0 Å². The molecule has 5 nitrogen and oxygen atoms in total. The van der Waals surface area contributed by atoms with Gasteiger partial charge in [-0.25, -0.2) is 0 Å². The quantitative estimate of drug-likeness (QED) is 0.711. The maximum Gasteiger partial charge on any atom is 0.240 e. The van der Waals surface area contributed by atoms with Crippen LogP contribution in [0.1, 0.15) is 53.4 Å². The maximum atomic E-state index is 12.1. The molecule has 0 aromatic carbocycles. The van der Waals surface area contributed by atoms with Crippen LogP contribution in [-0.4, -0.2) is 36.0 Å². The standard InChI is InChI=1S/C14H27N3O2/c1-13(2,3)17-11(18)7-10-15-12(19)14(4)8-5-6-9-16-14/h16H,5-10H2,1-4H3,(H,15,19)(H,17,18). The van der Waals surface area contributed by atoms with Gasteiger partial charge in [0.2, 0.25) is 11.8 Å². The number of hydrogen-bond donors (Lipinski definition) is 3. The molecule has 0 spiro atoms. The topological polar surface area (TPSA) is 70.2 Å². The molecule has 5 heteroatoms. The van der Waals surface area contributed by atoms with Crippen molar-refractivity contribution in [2.45, 2.75) is 64.5 Å². The summed E-state index contributed by atoms with van der Waals surface area (Å²) in [4.78, 5) is 23.7. The van der Waals surface area contributed by atoms with Crippen LogP contribution in [0.2, 0.25) is 0 Å². The molecule has 1 rings (SSSR count). The number of amides is 2. The molecule has 2 amide bonds. The van der Waals surface area contributed by atoms with Gasteiger partial charge in [0.25, 0.3) is 0 Å². The van der Waals surface area contributed by atoms with Crippen LogP contribution in [0.3, 0.4) is 0 Å². The summed E-state index contributed by atoms with van der Waals surface area (Å²) in [5.41, 5.74) is -0.698. The first-order valence-electron chi connectivity index (χ1n) is 7.07. The van der Waals surface area contributed by atoms with Crippen LogP contribution in [-0.2, 0) is 9.59 Å². The van der Waals surface area contributed by atoms with E-state index < -0.39 is 5.54 Å². The first-order valence-corrected chi connectivity index (χ1v) is 7.07. The lowest BCUT2D eigenvalue weighted by Gasteiger charge is -2.33. The van der Waals surface area contributed by atoms with E-state index in [0.717, 1.165) is 25.8 Å². The summed E-state index contributed by atoms with van der Waals surface area (Å²) in [5, 5.41) is 8.98. The van der Waals surface area contributed by atoms with E-state index in [4.69, 9.17) is 0 Å². The van der Waals surface area contributed by atoms with E-state index in [1.165, 1.54) is 0 Å². The van der Waals surface area contributed by atoms with Crippen LogP contribution < -0.4 is 16.0 Å². The third kappa shape index (κ3) is 5.59. The summed E-state index contributed by atoms with van der Waals surface area (Å²) in [7, 11) is 0. The van der Waals surface area contributed by atoms with E-state index in [2.05, 4.69) is 16.0 Å². The third-order valence-electron chi connectivity index (χ3n) is 3.27. The molecule has 110 valence electrons. The predicted octanol–water partition coefficient (Wildman–Crippen LogP) is 0.940. The van der Waals surface area contributed by atoms with E-state index in [1.54, 1.807) is 0 Å². The van der Waals surface area contributed by atoms with Crippen molar-refractivity contribution in [1.29, 1.82) is 0 Å². The molecule has 0 aliphatic carbocycles. The summed E-state index contributed by atoms with van der Waals surface area (Å²) in [5.74, 6) is -0.0367. The molecule has 0 saturated carbocycles. The Morgan fingerprint density at radius 2 is 1.95 bits per heavy atom. The molecule has 1 saturated heterocycles. The first-order chi connectivity index (χ1) is 8.73. The van der Waals surface area contributed by atoms with Gasteiger partial charge in [0.05, 0.1) is 5.54 Å². The van der Waals surface area contributed by atoms with Crippen molar-refractivity contribution in [1.82, 2.24) is 16.0 Å². The number of hydrogen-bond acceptors (Lipinski definition) is 3. The van der Waals surface area contributed by atoms with E-state index >= 15 is 0 Å². The largest absolute Gasteiger partial charge is 0.354 e. The number of rotatable bonds is 4. The first kappa shape index (κ1) is 16.0. The second kappa shape index (κ2) is 6.37. The summed E-state index contributed by atoms with van der Waals surface area (Å²) in [6.45, 7) is 9.02. The summed E-state index contributed by atoms with van der Waals surface area (Å²) in [6.07, 6.45) is 3.37. The van der Waals surface area contributed by atoms with Gasteiger partial charge in [-0.2, -0.15) is 0 Å². The highest BCUT2D eigenvalue weighted by Gasteiger charge is 2.33. The summed E-state index contributed by atoms with van der Waals surface area (Å²) < 4.78 is 0. The van der Waals surface area contributed by atoms with E-state index in [0.29, 0.717) is 13.0 Å². The van der Waals surface area contributed by atoms with Gasteiger partial charge in [0.15, 0.2) is 0 Å². The Balaban J connectivity index is 2.29. The number of carbonyl (C=O) groups excluding carboxylic acids is 2. The Morgan fingerprint density at radius 1 is 1.26 bits per heavy atom. The number of carbonyl (C=O) groups is 2. The molecule has 19 heavy (non-hydrogen) atoms. The molecule has 0 bridgehead atoms. The highest BCUT2D eigenvalue weighted by atomic mass is 16.2. The zero-order valence-electron chi connectivity index (χ0n) is 12.6. The molecule has 1 unspecified atom stereocenters. The zero-order chi connectivity index (χ0) is 14.5. The third-order valence-corrected chi connectivity index (χ3v) is 3.27. The van der Waals surface area contributed by atoms with E-state index in [-0.39, 0.29) is 17.4 Å². The average Bonchev–Trinajstić information content (AvgIpc) is 2.27. The fourth-order valence-corrected chi connectivity index (χ4v) is 2.22. The van der Waals surface area contributed by atoms with Crippen molar-refractivity contribution >= 4 is 11.8 Å². The Bertz CT molecular complexity index is 328. The molecular weight excluding hydrogens is 242 g/mol. The van der Waals surface area contributed by atoms with Gasteiger partial charge in [0, 0.05) is 18.5 Å². The highest BCUT2D eigenvalue weighted by molar-refractivity contribution is 5.86. The SMILES string of the molecule is CC(C)(C)NC(=O)CCNC(=O)C1(C)CCCCN1. The molecule has 0 radical (unpaired) electrons. The zero-order valence-corrected chi connectivity index (χ0v) is 12.6. The van der Waals surface area contributed by atoms with Crippen LogP contribution in [0.15, 0.2) is 0 Å². The molecule has 1 heterocycles. The van der Waals surface area contributed by atoms with E-state index in [9.17, 15) is 9.59 Å². The minimum atomic E-state index is -0.473. The lowest BCUT2D eigenvalue weighted by Crippen LogP contribution is -2.57. The summed E-state index contributed by atoms with van der Waals surface area (Å²) >= 11 is 0. The van der Waals surface area contributed by atoms with Crippen LogP contribution in [0.25, 0.3) is 0 Å². The van der Waals surface area contributed by atoms with Gasteiger partial charge < -0.3 is 16.0 Å². The Kier molecular flexibility index (Phi) is 5.35. The van der Waals surface area contributed by atoms with Gasteiger partial charge in [-0.15, -0.1) is 0 Å².